The third-order valence-electron chi connectivity index (χ3n) is 3.86. The second kappa shape index (κ2) is 7.66. The van der Waals surface area contributed by atoms with Gasteiger partial charge in [0.1, 0.15) is 28.8 Å². The van der Waals surface area contributed by atoms with Gasteiger partial charge in [-0.15, -0.1) is 0 Å². The van der Waals surface area contributed by atoms with Crippen molar-refractivity contribution in [1.82, 2.24) is 19.7 Å². The van der Waals surface area contributed by atoms with Crippen LogP contribution in [0.4, 0.5) is 11.6 Å². The van der Waals surface area contributed by atoms with Crippen LogP contribution in [0.25, 0.3) is 11.4 Å². The number of hydrogen-bond acceptors (Lipinski definition) is 7. The highest BCUT2D eigenvalue weighted by atomic mass is 16.5. The quantitative estimate of drug-likeness (QED) is 0.695. The first-order chi connectivity index (χ1) is 13.0. The van der Waals surface area contributed by atoms with Crippen molar-refractivity contribution in [1.29, 1.82) is 5.26 Å². The van der Waals surface area contributed by atoms with Crippen molar-refractivity contribution < 1.29 is 9.53 Å². The zero-order valence-corrected chi connectivity index (χ0v) is 15.2. The fraction of sp³-hybridized carbons (Fsp3) is 0.211. The average Bonchev–Trinajstić information content (AvgIpc) is 3.01. The van der Waals surface area contributed by atoms with Crippen LogP contribution >= 0.6 is 0 Å². The molecule has 0 unspecified atom stereocenters. The van der Waals surface area contributed by atoms with Gasteiger partial charge in [0.25, 0.3) is 0 Å². The topological polar surface area (TPSA) is 106 Å². The lowest BCUT2D eigenvalue weighted by molar-refractivity contribution is 0.0526. The van der Waals surface area contributed by atoms with Gasteiger partial charge in [-0.3, -0.25) is 4.68 Å². The minimum atomic E-state index is -0.545. The molecule has 0 aliphatic carbocycles. The Hall–Kier alpha value is -3.73. The van der Waals surface area contributed by atoms with E-state index in [9.17, 15) is 10.1 Å². The molecule has 0 spiro atoms. The third-order valence-corrected chi connectivity index (χ3v) is 3.86. The molecule has 2 heterocycles. The van der Waals surface area contributed by atoms with Gasteiger partial charge in [0.05, 0.1) is 12.8 Å². The van der Waals surface area contributed by atoms with Crippen molar-refractivity contribution in [2.45, 2.75) is 13.8 Å². The number of ether oxygens (including phenoxy) is 1. The van der Waals surface area contributed by atoms with Gasteiger partial charge in [-0.25, -0.2) is 14.8 Å². The molecule has 0 radical (unpaired) electrons. The Bertz CT molecular complexity index is 1030. The Morgan fingerprint density at radius 3 is 2.89 bits per heavy atom. The monoisotopic (exact) mass is 362 g/mol. The summed E-state index contributed by atoms with van der Waals surface area (Å²) in [7, 11) is 1.69. The number of esters is 1. The van der Waals surface area contributed by atoms with Crippen molar-refractivity contribution >= 4 is 17.6 Å². The maximum atomic E-state index is 12.3. The third kappa shape index (κ3) is 3.77. The van der Waals surface area contributed by atoms with E-state index >= 15 is 0 Å². The molecule has 0 saturated heterocycles. The van der Waals surface area contributed by atoms with E-state index in [0.717, 1.165) is 11.1 Å². The van der Waals surface area contributed by atoms with Gasteiger partial charge in [0, 0.05) is 18.8 Å². The molecule has 3 rings (SSSR count). The first-order valence-corrected chi connectivity index (χ1v) is 8.33. The summed E-state index contributed by atoms with van der Waals surface area (Å²) in [5, 5.41) is 16.4. The van der Waals surface area contributed by atoms with Gasteiger partial charge in [0.2, 0.25) is 0 Å². The lowest BCUT2D eigenvalue weighted by Crippen LogP contribution is -2.12. The number of nitriles is 1. The first-order valence-electron chi connectivity index (χ1n) is 8.33. The summed E-state index contributed by atoms with van der Waals surface area (Å²) in [6, 6.07) is 9.79. The van der Waals surface area contributed by atoms with E-state index < -0.39 is 5.97 Å². The summed E-state index contributed by atoms with van der Waals surface area (Å²) >= 11 is 0. The van der Waals surface area contributed by atoms with Gasteiger partial charge in [0.15, 0.2) is 5.82 Å². The number of rotatable bonds is 5. The van der Waals surface area contributed by atoms with Crippen molar-refractivity contribution in [3.8, 4) is 17.5 Å². The molecule has 8 nitrogen and oxygen atoms in total. The number of nitrogens with one attached hydrogen (secondary N) is 1. The van der Waals surface area contributed by atoms with Crippen LogP contribution in [0.5, 0.6) is 0 Å². The van der Waals surface area contributed by atoms with Crippen LogP contribution in [-0.2, 0) is 11.8 Å². The Morgan fingerprint density at radius 2 is 2.19 bits per heavy atom. The first kappa shape index (κ1) is 18.1. The van der Waals surface area contributed by atoms with E-state index in [-0.39, 0.29) is 18.0 Å². The highest BCUT2D eigenvalue weighted by Gasteiger charge is 2.19. The molecular weight excluding hydrogens is 344 g/mol. The van der Waals surface area contributed by atoms with Crippen LogP contribution in [-0.4, -0.2) is 32.3 Å². The number of carbonyl (C=O) groups is 1. The second-order valence-corrected chi connectivity index (χ2v) is 5.81. The number of aromatic nitrogens is 4. The molecule has 1 N–H and O–H groups in total. The zero-order valence-electron chi connectivity index (χ0n) is 15.2. The van der Waals surface area contributed by atoms with Crippen molar-refractivity contribution in [2.75, 3.05) is 11.9 Å². The number of hydrogen-bond donors (Lipinski definition) is 1. The molecule has 0 saturated carbocycles. The molecule has 0 bridgehead atoms. The molecule has 8 heteroatoms. The fourth-order valence-electron chi connectivity index (χ4n) is 2.54. The molecule has 0 atom stereocenters. The fourth-order valence-corrected chi connectivity index (χ4v) is 2.54. The Kier molecular flexibility index (Phi) is 5.13. The zero-order chi connectivity index (χ0) is 19.4. The summed E-state index contributed by atoms with van der Waals surface area (Å²) < 4.78 is 6.59. The van der Waals surface area contributed by atoms with Crippen molar-refractivity contribution in [3.63, 3.8) is 0 Å². The minimum Gasteiger partial charge on any atom is -0.462 e. The molecule has 136 valence electrons. The second-order valence-electron chi connectivity index (χ2n) is 5.81. The molecule has 0 fully saturated rings. The summed E-state index contributed by atoms with van der Waals surface area (Å²) in [5.41, 5.74) is 2.40. The highest BCUT2D eigenvalue weighted by Crippen LogP contribution is 2.25. The van der Waals surface area contributed by atoms with Gasteiger partial charge in [-0.05, 0) is 19.9 Å². The van der Waals surface area contributed by atoms with E-state index in [4.69, 9.17) is 4.74 Å². The van der Waals surface area contributed by atoms with Crippen LogP contribution < -0.4 is 5.32 Å². The summed E-state index contributed by atoms with van der Waals surface area (Å²) in [6.07, 6.45) is 2.86. The SMILES string of the molecule is CCOC(=O)c1cnc(-c2cccc(C)c2)nc1Nc1c(C#N)cnn1C. The summed E-state index contributed by atoms with van der Waals surface area (Å²) in [6.45, 7) is 3.93. The van der Waals surface area contributed by atoms with Crippen LogP contribution in [0.2, 0.25) is 0 Å². The number of anilines is 2. The average molecular weight is 362 g/mol. The number of nitrogens with zero attached hydrogens (tertiary/aromatic N) is 5. The molecular formula is C19H18N6O2. The highest BCUT2D eigenvalue weighted by molar-refractivity contribution is 5.95. The maximum absolute atomic E-state index is 12.3. The minimum absolute atomic E-state index is 0.179. The molecule has 27 heavy (non-hydrogen) atoms. The lowest BCUT2D eigenvalue weighted by Gasteiger charge is -2.12. The van der Waals surface area contributed by atoms with Crippen LogP contribution in [0, 0.1) is 18.3 Å². The molecule has 0 aliphatic rings. The van der Waals surface area contributed by atoms with E-state index in [0.29, 0.717) is 17.2 Å². The van der Waals surface area contributed by atoms with Crippen LogP contribution in [0.15, 0.2) is 36.7 Å². The maximum Gasteiger partial charge on any atom is 0.343 e. The van der Waals surface area contributed by atoms with Crippen molar-refractivity contribution in [3.05, 3.63) is 53.3 Å². The van der Waals surface area contributed by atoms with E-state index in [1.807, 2.05) is 31.2 Å². The normalized spacial score (nSPS) is 10.3. The Balaban J connectivity index is 2.10. The van der Waals surface area contributed by atoms with Crippen LogP contribution in [0.1, 0.15) is 28.4 Å². The van der Waals surface area contributed by atoms with Gasteiger partial charge >= 0.3 is 5.97 Å². The van der Waals surface area contributed by atoms with Gasteiger partial charge < -0.3 is 10.1 Å². The number of carbonyl (C=O) groups excluding carboxylic acids is 1. The predicted molar refractivity (Wildman–Crippen MR) is 99.4 cm³/mol. The van der Waals surface area contributed by atoms with Gasteiger partial charge in [-0.2, -0.15) is 10.4 Å². The van der Waals surface area contributed by atoms with Crippen LogP contribution in [0.3, 0.4) is 0 Å². The lowest BCUT2D eigenvalue weighted by atomic mass is 10.1. The standard InChI is InChI=1S/C19H18N6O2/c1-4-27-19(26)15-11-21-16(13-7-5-6-12(2)8-13)23-17(15)24-18-14(9-20)10-22-25(18)3/h5-8,10-11H,4H2,1-3H3,(H,21,23,24). The van der Waals surface area contributed by atoms with E-state index in [1.54, 1.807) is 14.0 Å². The Morgan fingerprint density at radius 1 is 1.37 bits per heavy atom. The largest absolute Gasteiger partial charge is 0.462 e. The molecule has 0 aliphatic heterocycles. The summed E-state index contributed by atoms with van der Waals surface area (Å²) in [4.78, 5) is 21.1. The van der Waals surface area contributed by atoms with E-state index in [1.165, 1.54) is 17.1 Å². The summed E-state index contributed by atoms with van der Waals surface area (Å²) in [5.74, 6) is 0.586. The molecule has 0 amide bonds. The number of benzene rings is 1. The molecule has 3 aromatic rings. The smallest absolute Gasteiger partial charge is 0.343 e. The molecule has 1 aromatic carbocycles. The Labute approximate surface area is 156 Å². The van der Waals surface area contributed by atoms with Gasteiger partial charge in [-0.1, -0.05) is 23.8 Å². The molecule has 2 aromatic heterocycles. The number of aryl methyl sites for hydroxylation is 2. The van der Waals surface area contributed by atoms with Crippen molar-refractivity contribution in [2.24, 2.45) is 7.05 Å². The van der Waals surface area contributed by atoms with E-state index in [2.05, 4.69) is 26.5 Å². The predicted octanol–water partition coefficient (Wildman–Crippen LogP) is 2.98.